The normalized spacial score (nSPS) is 14.4. The maximum absolute atomic E-state index is 13.0. The summed E-state index contributed by atoms with van der Waals surface area (Å²) in [6, 6.07) is 17.8. The van der Waals surface area contributed by atoms with Crippen molar-refractivity contribution in [3.8, 4) is 0 Å². The number of anilines is 2. The van der Waals surface area contributed by atoms with Gasteiger partial charge in [0.15, 0.2) is 12.0 Å². The van der Waals surface area contributed by atoms with Gasteiger partial charge >= 0.3 is 5.97 Å². The van der Waals surface area contributed by atoms with Crippen molar-refractivity contribution >= 4 is 58.3 Å². The highest BCUT2D eigenvalue weighted by atomic mass is 35.5. The first-order valence-corrected chi connectivity index (χ1v) is 14.9. The van der Waals surface area contributed by atoms with Crippen LogP contribution in [0, 0.1) is 5.92 Å². The first-order valence-electron chi connectivity index (χ1n) is 14.1. The zero-order valence-corrected chi connectivity index (χ0v) is 25.4. The Morgan fingerprint density at radius 3 is 2.26 bits per heavy atom. The van der Waals surface area contributed by atoms with Crippen molar-refractivity contribution in [1.29, 1.82) is 0 Å². The highest BCUT2D eigenvalue weighted by Gasteiger charge is 2.21. The molecule has 1 fully saturated rings. The second-order valence-corrected chi connectivity index (χ2v) is 11.2. The van der Waals surface area contributed by atoms with Gasteiger partial charge in [0.05, 0.1) is 34.0 Å². The van der Waals surface area contributed by atoms with Gasteiger partial charge in [-0.15, -0.1) is 0 Å². The van der Waals surface area contributed by atoms with Gasteiger partial charge in [-0.3, -0.25) is 9.59 Å². The molecule has 3 aromatic rings. The molecular weight excluding hydrogens is 589 g/mol. The summed E-state index contributed by atoms with van der Waals surface area (Å²) in [5, 5.41) is 9.27. The minimum absolute atomic E-state index is 0.0385. The summed E-state index contributed by atoms with van der Waals surface area (Å²) in [6.07, 6.45) is 6.10. The van der Waals surface area contributed by atoms with Gasteiger partial charge < -0.3 is 26.4 Å². The van der Waals surface area contributed by atoms with Crippen LogP contribution in [0.15, 0.2) is 71.7 Å². The lowest BCUT2D eigenvalue weighted by molar-refractivity contribution is -0.142. The topological polar surface area (TPSA) is 135 Å². The molecule has 4 rings (SSSR count). The van der Waals surface area contributed by atoms with E-state index in [1.165, 1.54) is 26.4 Å². The fraction of sp³-hybridized carbons (Fsp3) is 0.312. The molecule has 3 aromatic carbocycles. The summed E-state index contributed by atoms with van der Waals surface area (Å²) >= 11 is 12.3. The monoisotopic (exact) mass is 623 g/mol. The molecule has 0 bridgehead atoms. The number of amides is 2. The number of rotatable bonds is 10. The summed E-state index contributed by atoms with van der Waals surface area (Å²) in [7, 11) is 1.28. The lowest BCUT2D eigenvalue weighted by Crippen LogP contribution is -2.33. The third kappa shape index (κ3) is 8.95. The Hall–Kier alpha value is -4.08. The van der Waals surface area contributed by atoms with E-state index in [0.29, 0.717) is 29.4 Å². The molecule has 1 aliphatic rings. The third-order valence-electron chi connectivity index (χ3n) is 7.31. The van der Waals surface area contributed by atoms with Crippen molar-refractivity contribution in [3.05, 3.63) is 93.5 Å². The van der Waals surface area contributed by atoms with Gasteiger partial charge in [0.25, 0.3) is 11.8 Å². The number of ether oxygens (including phenoxy) is 1. The largest absolute Gasteiger partial charge is 0.467 e. The van der Waals surface area contributed by atoms with Gasteiger partial charge in [-0.25, -0.2) is 9.79 Å². The van der Waals surface area contributed by atoms with Crippen LogP contribution in [0.3, 0.4) is 0 Å². The summed E-state index contributed by atoms with van der Waals surface area (Å²) < 4.78 is 4.96. The molecule has 0 unspecified atom stereocenters. The van der Waals surface area contributed by atoms with E-state index in [9.17, 15) is 14.4 Å². The van der Waals surface area contributed by atoms with E-state index in [-0.39, 0.29) is 33.9 Å². The van der Waals surface area contributed by atoms with Gasteiger partial charge in [-0.1, -0.05) is 72.8 Å². The molecule has 9 nitrogen and oxygen atoms in total. The number of hydrogen-bond acceptors (Lipinski definition) is 5. The fourth-order valence-corrected chi connectivity index (χ4v) is 5.59. The van der Waals surface area contributed by atoms with Crippen LogP contribution in [0.1, 0.15) is 58.4 Å². The maximum Gasteiger partial charge on any atom is 0.331 e. The Morgan fingerprint density at radius 2 is 1.58 bits per heavy atom. The SMILES string of the molecule is COC(=O)[C@H](Cc1ccc(NC(=O)c2c(Cl)cccc2Cl)cc1)N=C(N)Nc1ccccc1C(=O)NCC1CCCCC1. The van der Waals surface area contributed by atoms with Gasteiger partial charge in [0.1, 0.15) is 0 Å². The van der Waals surface area contributed by atoms with Gasteiger partial charge in [0.2, 0.25) is 0 Å². The molecular formula is C32H35Cl2N5O4. The molecule has 43 heavy (non-hydrogen) atoms. The van der Waals surface area contributed by atoms with Crippen molar-refractivity contribution < 1.29 is 19.1 Å². The molecule has 1 atom stereocenters. The molecule has 226 valence electrons. The van der Waals surface area contributed by atoms with Crippen LogP contribution in [0.2, 0.25) is 10.0 Å². The smallest absolute Gasteiger partial charge is 0.331 e. The van der Waals surface area contributed by atoms with Crippen LogP contribution in [0.5, 0.6) is 0 Å². The van der Waals surface area contributed by atoms with E-state index in [0.717, 1.165) is 18.4 Å². The summed E-state index contributed by atoms with van der Waals surface area (Å²) in [6.45, 7) is 0.636. The van der Waals surface area contributed by atoms with E-state index < -0.39 is 17.9 Å². The van der Waals surface area contributed by atoms with Crippen molar-refractivity contribution in [1.82, 2.24) is 5.32 Å². The van der Waals surface area contributed by atoms with Crippen LogP contribution < -0.4 is 21.7 Å². The number of methoxy groups -OCH3 is 1. The number of halogens is 2. The maximum atomic E-state index is 13.0. The molecule has 5 N–H and O–H groups in total. The number of benzene rings is 3. The number of guanidine groups is 1. The quantitative estimate of drug-likeness (QED) is 0.123. The Morgan fingerprint density at radius 1 is 0.907 bits per heavy atom. The van der Waals surface area contributed by atoms with E-state index in [4.69, 9.17) is 33.7 Å². The minimum Gasteiger partial charge on any atom is -0.467 e. The molecule has 11 heteroatoms. The van der Waals surface area contributed by atoms with E-state index in [1.807, 2.05) is 0 Å². The Labute approximate surface area is 261 Å². The van der Waals surface area contributed by atoms with Crippen molar-refractivity contribution in [3.63, 3.8) is 0 Å². The predicted molar refractivity (Wildman–Crippen MR) is 171 cm³/mol. The van der Waals surface area contributed by atoms with Gasteiger partial charge in [-0.05, 0) is 60.7 Å². The zero-order chi connectivity index (χ0) is 30.8. The Bertz CT molecular complexity index is 1450. The number of nitrogens with zero attached hydrogens (tertiary/aromatic N) is 1. The van der Waals surface area contributed by atoms with E-state index in [2.05, 4.69) is 20.9 Å². The van der Waals surface area contributed by atoms with E-state index in [1.54, 1.807) is 66.7 Å². The van der Waals surface area contributed by atoms with Crippen LogP contribution in [0.25, 0.3) is 0 Å². The molecule has 0 aromatic heterocycles. The number of esters is 1. The van der Waals surface area contributed by atoms with Crippen molar-refractivity contribution in [2.45, 2.75) is 44.6 Å². The number of aliphatic imine (C=N–C) groups is 1. The number of carbonyl (C=O) groups excluding carboxylic acids is 3. The van der Waals surface area contributed by atoms with Gasteiger partial charge in [-0.2, -0.15) is 0 Å². The Kier molecular flexibility index (Phi) is 11.4. The average molecular weight is 625 g/mol. The van der Waals surface area contributed by atoms with Crippen LogP contribution in [-0.4, -0.2) is 43.4 Å². The van der Waals surface area contributed by atoms with Crippen LogP contribution in [-0.2, 0) is 16.0 Å². The van der Waals surface area contributed by atoms with Crippen molar-refractivity contribution in [2.24, 2.45) is 16.6 Å². The lowest BCUT2D eigenvalue weighted by Gasteiger charge is -2.22. The van der Waals surface area contributed by atoms with Gasteiger partial charge in [0, 0.05) is 18.7 Å². The minimum atomic E-state index is -0.952. The van der Waals surface area contributed by atoms with E-state index >= 15 is 0 Å². The number of nitrogens with one attached hydrogen (secondary N) is 3. The zero-order valence-electron chi connectivity index (χ0n) is 23.9. The van der Waals surface area contributed by atoms with Crippen LogP contribution in [0.4, 0.5) is 11.4 Å². The molecule has 0 spiro atoms. The average Bonchev–Trinajstić information content (AvgIpc) is 3.00. The Balaban J connectivity index is 1.41. The first kappa shape index (κ1) is 31.8. The summed E-state index contributed by atoms with van der Waals surface area (Å²) in [4.78, 5) is 42.6. The molecule has 0 heterocycles. The molecule has 0 aliphatic heterocycles. The molecule has 0 radical (unpaired) electrons. The molecule has 0 saturated heterocycles. The third-order valence-corrected chi connectivity index (χ3v) is 7.94. The fourth-order valence-electron chi connectivity index (χ4n) is 5.03. The molecule has 2 amide bonds. The lowest BCUT2D eigenvalue weighted by atomic mass is 9.89. The first-order chi connectivity index (χ1) is 20.7. The predicted octanol–water partition coefficient (Wildman–Crippen LogP) is 6.07. The summed E-state index contributed by atoms with van der Waals surface area (Å²) in [5.41, 5.74) is 8.56. The number of para-hydroxylation sites is 1. The van der Waals surface area contributed by atoms with Crippen LogP contribution >= 0.6 is 23.2 Å². The molecule has 1 aliphatic carbocycles. The number of carbonyl (C=O) groups is 3. The number of hydrogen-bond donors (Lipinski definition) is 4. The summed E-state index contributed by atoms with van der Waals surface area (Å²) in [5.74, 6) is -0.758. The second-order valence-electron chi connectivity index (χ2n) is 10.4. The molecule has 1 saturated carbocycles. The van der Waals surface area contributed by atoms with Crippen molar-refractivity contribution in [2.75, 3.05) is 24.3 Å². The second kappa shape index (κ2) is 15.4. The standard InChI is InChI=1S/C32H35Cl2N5O4/c1-43-31(42)27(18-20-14-16-22(17-15-20)37-30(41)28-24(33)11-7-12-25(28)34)39-32(35)38-26-13-6-5-10-23(26)29(40)36-19-21-8-3-2-4-9-21/h5-7,10-17,21,27H,2-4,8-9,18-19H2,1H3,(H,36,40)(H,37,41)(H3,35,38,39)/t27-/m0/s1. The highest BCUT2D eigenvalue weighted by Crippen LogP contribution is 2.26. The number of nitrogens with two attached hydrogens (primary N) is 1. The highest BCUT2D eigenvalue weighted by molar-refractivity contribution is 6.40.